The van der Waals surface area contributed by atoms with Gasteiger partial charge in [-0.05, 0) is 41.0 Å². The molecule has 3 aromatic carbocycles. The van der Waals surface area contributed by atoms with Crippen molar-refractivity contribution < 1.29 is 18.3 Å². The number of hydrogen-bond donors (Lipinski definition) is 2. The first-order valence-corrected chi connectivity index (χ1v) is 14.8. The van der Waals surface area contributed by atoms with Gasteiger partial charge in [0.25, 0.3) is 0 Å². The zero-order valence-electron chi connectivity index (χ0n) is 21.3. The third-order valence-electron chi connectivity index (χ3n) is 6.16. The maximum absolute atomic E-state index is 13.9. The number of aliphatic carboxylic acids is 1. The van der Waals surface area contributed by atoms with E-state index in [9.17, 15) is 13.2 Å². The highest BCUT2D eigenvalue weighted by Crippen LogP contribution is 2.27. The molecule has 2 N–H and O–H groups in total. The van der Waals surface area contributed by atoms with E-state index in [2.05, 4.69) is 15.3 Å². The lowest BCUT2D eigenvalue weighted by Crippen LogP contribution is -2.30. The van der Waals surface area contributed by atoms with E-state index >= 15 is 0 Å². The number of carbonyl (C=O) groups is 1. The minimum absolute atomic E-state index is 0.000404. The number of pyridine rings is 1. The second-order valence-corrected chi connectivity index (χ2v) is 11.8. The monoisotopic (exact) mass is 570 g/mol. The normalized spacial score (nSPS) is 11.4. The molecule has 8 nitrogen and oxygen atoms in total. The Bertz CT molecular complexity index is 1670. The third kappa shape index (κ3) is 6.60. The van der Waals surface area contributed by atoms with Gasteiger partial charge in [0.1, 0.15) is 17.4 Å². The van der Waals surface area contributed by atoms with Crippen molar-refractivity contribution in [3.8, 4) is 21.7 Å². The number of benzene rings is 3. The minimum Gasteiger partial charge on any atom is -0.480 e. The summed E-state index contributed by atoms with van der Waals surface area (Å²) in [7, 11) is -3.92. The molecule has 0 saturated heterocycles. The minimum atomic E-state index is -3.92. The fraction of sp³-hybridized carbons (Fsp3) is 0.100. The summed E-state index contributed by atoms with van der Waals surface area (Å²) in [6, 6.07) is 29.4. The predicted molar refractivity (Wildman–Crippen MR) is 156 cm³/mol. The summed E-state index contributed by atoms with van der Waals surface area (Å²) in [6.07, 6.45) is 1.75. The average Bonchev–Trinajstić information content (AvgIpc) is 3.52. The third-order valence-corrected chi connectivity index (χ3v) is 8.79. The maximum Gasteiger partial charge on any atom is 0.322 e. The van der Waals surface area contributed by atoms with Gasteiger partial charge in [0, 0.05) is 23.7 Å². The van der Waals surface area contributed by atoms with Gasteiger partial charge < -0.3 is 10.4 Å². The maximum atomic E-state index is 13.9. The molecule has 10 heteroatoms. The summed E-state index contributed by atoms with van der Waals surface area (Å²) in [6.45, 7) is -0.174. The topological polar surface area (TPSA) is 112 Å². The van der Waals surface area contributed by atoms with Crippen LogP contribution in [0.1, 0.15) is 11.3 Å². The van der Waals surface area contributed by atoms with Crippen LogP contribution in [0.3, 0.4) is 0 Å². The van der Waals surface area contributed by atoms with Crippen molar-refractivity contribution in [1.29, 1.82) is 0 Å². The molecule has 0 aliphatic heterocycles. The van der Waals surface area contributed by atoms with Gasteiger partial charge in [0.05, 0.1) is 17.1 Å². The van der Waals surface area contributed by atoms with Crippen LogP contribution in [0.5, 0.6) is 0 Å². The molecular formula is C30H26N4O4S2. The first-order valence-electron chi connectivity index (χ1n) is 12.4. The first kappa shape index (κ1) is 27.2. The molecule has 5 aromatic rings. The SMILES string of the molecule is O=C(O)CNc1cccc(CN(Cc2ccc(-c3nccs3)cc2)S(=O)(=O)c2ccc(-c3ccccc3)cc2)n1. The highest BCUT2D eigenvalue weighted by molar-refractivity contribution is 7.89. The summed E-state index contributed by atoms with van der Waals surface area (Å²) < 4.78 is 29.3. The van der Waals surface area contributed by atoms with E-state index in [0.29, 0.717) is 11.5 Å². The van der Waals surface area contributed by atoms with Gasteiger partial charge in [-0.3, -0.25) is 4.79 Å². The summed E-state index contributed by atoms with van der Waals surface area (Å²) in [5.74, 6) is -0.659. The van der Waals surface area contributed by atoms with Crippen molar-refractivity contribution in [2.45, 2.75) is 18.0 Å². The Kier molecular flexibility index (Phi) is 8.30. The number of carboxylic acid groups (broad SMARTS) is 1. The molecule has 2 heterocycles. The van der Waals surface area contributed by atoms with E-state index in [4.69, 9.17) is 5.11 Å². The molecule has 0 saturated carbocycles. The van der Waals surface area contributed by atoms with Gasteiger partial charge in [-0.1, -0.05) is 72.8 Å². The predicted octanol–water partition coefficient (Wildman–Crippen LogP) is 5.76. The molecular weight excluding hydrogens is 544 g/mol. The van der Waals surface area contributed by atoms with Gasteiger partial charge in [-0.15, -0.1) is 11.3 Å². The van der Waals surface area contributed by atoms with Gasteiger partial charge in [0.2, 0.25) is 10.0 Å². The molecule has 0 atom stereocenters. The van der Waals surface area contributed by atoms with E-state index in [0.717, 1.165) is 27.3 Å². The van der Waals surface area contributed by atoms with Crippen LogP contribution in [0.2, 0.25) is 0 Å². The molecule has 0 aliphatic carbocycles. The van der Waals surface area contributed by atoms with E-state index in [1.54, 1.807) is 48.7 Å². The quantitative estimate of drug-likeness (QED) is 0.208. The zero-order chi connectivity index (χ0) is 28.0. The molecule has 0 amide bonds. The molecule has 40 heavy (non-hydrogen) atoms. The zero-order valence-corrected chi connectivity index (χ0v) is 23.0. The Morgan fingerprint density at radius 2 is 1.52 bits per heavy atom. The molecule has 5 rings (SSSR count). The number of thiazole rings is 1. The number of aromatic nitrogens is 2. The smallest absolute Gasteiger partial charge is 0.322 e. The van der Waals surface area contributed by atoms with Crippen LogP contribution in [0, 0.1) is 0 Å². The Labute approximate surface area is 236 Å². The van der Waals surface area contributed by atoms with Crippen LogP contribution in [0.4, 0.5) is 5.82 Å². The van der Waals surface area contributed by atoms with Crippen LogP contribution >= 0.6 is 11.3 Å². The van der Waals surface area contributed by atoms with E-state index in [-0.39, 0.29) is 24.5 Å². The fourth-order valence-corrected chi connectivity index (χ4v) is 6.20. The second kappa shape index (κ2) is 12.2. The van der Waals surface area contributed by atoms with Crippen LogP contribution < -0.4 is 5.32 Å². The fourth-order valence-electron chi connectivity index (χ4n) is 4.16. The molecule has 0 fully saturated rings. The largest absolute Gasteiger partial charge is 0.480 e. The van der Waals surface area contributed by atoms with E-state index in [1.165, 1.54) is 15.6 Å². The summed E-state index contributed by atoms with van der Waals surface area (Å²) >= 11 is 1.54. The van der Waals surface area contributed by atoms with Crippen molar-refractivity contribution in [3.63, 3.8) is 0 Å². The highest BCUT2D eigenvalue weighted by atomic mass is 32.2. The van der Waals surface area contributed by atoms with E-state index in [1.807, 2.05) is 60.0 Å². The lowest BCUT2D eigenvalue weighted by molar-refractivity contribution is -0.134. The Morgan fingerprint density at radius 1 is 0.825 bits per heavy atom. The number of nitrogens with zero attached hydrogens (tertiary/aromatic N) is 3. The van der Waals surface area contributed by atoms with Gasteiger partial charge in [-0.2, -0.15) is 4.31 Å². The van der Waals surface area contributed by atoms with Gasteiger partial charge >= 0.3 is 5.97 Å². The van der Waals surface area contributed by atoms with E-state index < -0.39 is 16.0 Å². The lowest BCUT2D eigenvalue weighted by Gasteiger charge is -2.23. The Hall–Kier alpha value is -4.38. The Morgan fingerprint density at radius 3 is 2.20 bits per heavy atom. The summed E-state index contributed by atoms with van der Waals surface area (Å²) in [4.78, 5) is 19.9. The average molecular weight is 571 g/mol. The number of sulfonamides is 1. The van der Waals surface area contributed by atoms with Crippen molar-refractivity contribution in [1.82, 2.24) is 14.3 Å². The molecule has 2 aromatic heterocycles. The second-order valence-electron chi connectivity index (χ2n) is 8.96. The Balaban J connectivity index is 1.44. The van der Waals surface area contributed by atoms with Crippen molar-refractivity contribution in [2.24, 2.45) is 0 Å². The summed E-state index contributed by atoms with van der Waals surface area (Å²) in [5, 5.41) is 14.5. The molecule has 0 bridgehead atoms. The van der Waals surface area contributed by atoms with Crippen molar-refractivity contribution in [2.75, 3.05) is 11.9 Å². The van der Waals surface area contributed by atoms with Crippen LogP contribution in [0.15, 0.2) is 114 Å². The van der Waals surface area contributed by atoms with Crippen LogP contribution in [0.25, 0.3) is 21.7 Å². The molecule has 0 aliphatic rings. The molecule has 0 unspecified atom stereocenters. The lowest BCUT2D eigenvalue weighted by atomic mass is 10.1. The number of rotatable bonds is 11. The van der Waals surface area contributed by atoms with Crippen molar-refractivity contribution >= 4 is 33.1 Å². The van der Waals surface area contributed by atoms with Gasteiger partial charge in [-0.25, -0.2) is 18.4 Å². The number of nitrogens with one attached hydrogen (secondary N) is 1. The van der Waals surface area contributed by atoms with Crippen LogP contribution in [-0.4, -0.2) is 40.3 Å². The van der Waals surface area contributed by atoms with Crippen molar-refractivity contribution in [3.05, 3.63) is 120 Å². The summed E-state index contributed by atoms with van der Waals surface area (Å²) in [5.41, 5.74) is 4.17. The number of hydrogen-bond acceptors (Lipinski definition) is 7. The van der Waals surface area contributed by atoms with Crippen LogP contribution in [-0.2, 0) is 27.9 Å². The number of anilines is 1. The molecule has 0 radical (unpaired) electrons. The van der Waals surface area contributed by atoms with Gasteiger partial charge in [0.15, 0.2) is 0 Å². The first-order chi connectivity index (χ1) is 19.4. The standard InChI is InChI=1S/C30H26N4O4S2/c35-29(36)19-32-28-8-4-7-26(33-28)21-34(20-22-9-11-25(12-10-22)30-31-17-18-39-30)40(37,38)27-15-13-24(14-16-27)23-5-2-1-3-6-23/h1-18H,19-21H2,(H,32,33)(H,35,36). The number of carboxylic acids is 1. The molecule has 0 spiro atoms. The highest BCUT2D eigenvalue weighted by Gasteiger charge is 2.26. The molecule has 202 valence electrons.